The molecule has 0 saturated heterocycles. The minimum Gasteiger partial charge on any atom is -0.454 e. The predicted octanol–water partition coefficient (Wildman–Crippen LogP) is 2.36. The third-order valence-electron chi connectivity index (χ3n) is 2.54. The van der Waals surface area contributed by atoms with E-state index in [4.69, 9.17) is 18.9 Å². The van der Waals surface area contributed by atoms with Crippen molar-refractivity contribution in [2.45, 2.75) is 26.6 Å². The van der Waals surface area contributed by atoms with Gasteiger partial charge in [0, 0.05) is 19.6 Å². The van der Waals surface area contributed by atoms with Crippen molar-refractivity contribution < 1.29 is 18.9 Å². The van der Waals surface area contributed by atoms with Crippen molar-refractivity contribution >= 4 is 0 Å². The van der Waals surface area contributed by atoms with E-state index in [1.807, 2.05) is 32.0 Å². The molecule has 0 N–H and O–H groups in total. The Bertz CT molecular complexity index is 358. The lowest BCUT2D eigenvalue weighted by Gasteiger charge is -2.16. The summed E-state index contributed by atoms with van der Waals surface area (Å²) in [6.45, 7) is 5.53. The normalized spacial score (nSPS) is 13.4. The molecule has 94 valence electrons. The van der Waals surface area contributed by atoms with Crippen molar-refractivity contribution in [2.24, 2.45) is 0 Å². The van der Waals surface area contributed by atoms with Crippen LogP contribution in [0.1, 0.15) is 19.4 Å². The van der Waals surface area contributed by atoms with Crippen LogP contribution in [0.4, 0.5) is 0 Å². The highest BCUT2D eigenvalue weighted by atomic mass is 16.7. The van der Waals surface area contributed by atoms with Gasteiger partial charge in [-0.3, -0.25) is 0 Å². The van der Waals surface area contributed by atoms with Crippen LogP contribution in [0.25, 0.3) is 0 Å². The molecule has 4 nitrogen and oxygen atoms in total. The van der Waals surface area contributed by atoms with Gasteiger partial charge in [-0.05, 0) is 31.5 Å². The van der Waals surface area contributed by atoms with Crippen molar-refractivity contribution in [3.63, 3.8) is 0 Å². The lowest BCUT2D eigenvalue weighted by molar-refractivity contribution is -0.134. The van der Waals surface area contributed by atoms with Crippen molar-refractivity contribution in [1.29, 1.82) is 0 Å². The fraction of sp³-hybridized carbons (Fsp3) is 0.538. The van der Waals surface area contributed by atoms with Gasteiger partial charge in [0.1, 0.15) is 0 Å². The second kappa shape index (κ2) is 5.89. The summed E-state index contributed by atoms with van der Waals surface area (Å²) in [5.41, 5.74) is 1.13. The molecule has 0 aliphatic carbocycles. The fourth-order valence-corrected chi connectivity index (χ4v) is 1.80. The van der Waals surface area contributed by atoms with Gasteiger partial charge < -0.3 is 18.9 Å². The topological polar surface area (TPSA) is 36.9 Å². The van der Waals surface area contributed by atoms with Crippen LogP contribution in [0, 0.1) is 0 Å². The van der Waals surface area contributed by atoms with Gasteiger partial charge in [-0.2, -0.15) is 0 Å². The molecule has 4 heteroatoms. The quantitative estimate of drug-likeness (QED) is 0.713. The van der Waals surface area contributed by atoms with Gasteiger partial charge in [-0.1, -0.05) is 6.07 Å². The van der Waals surface area contributed by atoms with Crippen molar-refractivity contribution in [2.75, 3.05) is 20.0 Å². The average molecular weight is 238 g/mol. The molecule has 0 atom stereocenters. The van der Waals surface area contributed by atoms with E-state index >= 15 is 0 Å². The van der Waals surface area contributed by atoms with E-state index < -0.39 is 0 Å². The molecule has 0 spiro atoms. The molecular weight excluding hydrogens is 220 g/mol. The standard InChI is InChI=1S/C13H18O4/c1-3-14-13(15-4-2)8-10-5-6-11-12(7-10)17-9-16-11/h5-7,13H,3-4,8-9H2,1-2H3. The van der Waals surface area contributed by atoms with E-state index in [2.05, 4.69) is 0 Å². The van der Waals surface area contributed by atoms with Gasteiger partial charge in [0.15, 0.2) is 17.8 Å². The maximum Gasteiger partial charge on any atom is 0.231 e. The molecule has 1 aromatic carbocycles. The first-order valence-electron chi connectivity index (χ1n) is 5.95. The van der Waals surface area contributed by atoms with Gasteiger partial charge in [-0.15, -0.1) is 0 Å². The molecule has 0 saturated carbocycles. The van der Waals surface area contributed by atoms with Crippen LogP contribution in [0.5, 0.6) is 11.5 Å². The van der Waals surface area contributed by atoms with Gasteiger partial charge in [0.2, 0.25) is 6.79 Å². The molecule has 1 aromatic rings. The Balaban J connectivity index is 2.01. The van der Waals surface area contributed by atoms with E-state index in [9.17, 15) is 0 Å². The Morgan fingerprint density at radius 2 is 1.82 bits per heavy atom. The van der Waals surface area contributed by atoms with Crippen LogP contribution >= 0.6 is 0 Å². The van der Waals surface area contributed by atoms with E-state index in [0.717, 1.165) is 23.5 Å². The van der Waals surface area contributed by atoms with Crippen LogP contribution in [0.3, 0.4) is 0 Å². The molecular formula is C13H18O4. The summed E-state index contributed by atoms with van der Waals surface area (Å²) >= 11 is 0. The first-order chi connectivity index (χ1) is 8.33. The number of fused-ring (bicyclic) bond motifs is 1. The summed E-state index contributed by atoms with van der Waals surface area (Å²) in [4.78, 5) is 0. The first kappa shape index (κ1) is 12.2. The van der Waals surface area contributed by atoms with Crippen LogP contribution in [-0.4, -0.2) is 26.3 Å². The highest BCUT2D eigenvalue weighted by Crippen LogP contribution is 2.32. The van der Waals surface area contributed by atoms with E-state index in [-0.39, 0.29) is 6.29 Å². The molecule has 1 aliphatic rings. The number of rotatable bonds is 6. The number of benzene rings is 1. The Hall–Kier alpha value is -1.26. The number of ether oxygens (including phenoxy) is 4. The third-order valence-corrected chi connectivity index (χ3v) is 2.54. The van der Waals surface area contributed by atoms with Gasteiger partial charge in [0.25, 0.3) is 0 Å². The lowest BCUT2D eigenvalue weighted by Crippen LogP contribution is -2.20. The predicted molar refractivity (Wildman–Crippen MR) is 63.3 cm³/mol. The van der Waals surface area contributed by atoms with Gasteiger partial charge >= 0.3 is 0 Å². The van der Waals surface area contributed by atoms with Crippen LogP contribution in [-0.2, 0) is 15.9 Å². The summed E-state index contributed by atoms with van der Waals surface area (Å²) in [6, 6.07) is 5.92. The minimum absolute atomic E-state index is 0.189. The Morgan fingerprint density at radius 3 is 2.53 bits per heavy atom. The maximum atomic E-state index is 5.51. The highest BCUT2D eigenvalue weighted by molar-refractivity contribution is 5.44. The highest BCUT2D eigenvalue weighted by Gasteiger charge is 2.15. The molecule has 1 aliphatic heterocycles. The largest absolute Gasteiger partial charge is 0.454 e. The van der Waals surface area contributed by atoms with E-state index in [1.54, 1.807) is 0 Å². The molecule has 0 aromatic heterocycles. The van der Waals surface area contributed by atoms with Crippen LogP contribution < -0.4 is 9.47 Å². The van der Waals surface area contributed by atoms with E-state index in [0.29, 0.717) is 20.0 Å². The first-order valence-corrected chi connectivity index (χ1v) is 5.95. The zero-order valence-corrected chi connectivity index (χ0v) is 10.3. The molecule has 17 heavy (non-hydrogen) atoms. The Labute approximate surface area is 101 Å². The summed E-state index contributed by atoms with van der Waals surface area (Å²) in [6.07, 6.45) is 0.531. The van der Waals surface area contributed by atoms with Crippen LogP contribution in [0.2, 0.25) is 0 Å². The monoisotopic (exact) mass is 238 g/mol. The summed E-state index contributed by atoms with van der Waals surface area (Å²) < 4.78 is 21.6. The van der Waals surface area contributed by atoms with E-state index in [1.165, 1.54) is 0 Å². The van der Waals surface area contributed by atoms with Gasteiger partial charge in [-0.25, -0.2) is 0 Å². The third kappa shape index (κ3) is 3.11. The van der Waals surface area contributed by atoms with Gasteiger partial charge in [0.05, 0.1) is 0 Å². The molecule has 0 amide bonds. The minimum atomic E-state index is -0.189. The lowest BCUT2D eigenvalue weighted by atomic mass is 10.1. The molecule has 0 fully saturated rings. The average Bonchev–Trinajstić information content (AvgIpc) is 2.77. The summed E-state index contributed by atoms with van der Waals surface area (Å²) in [7, 11) is 0. The second-order valence-corrected chi connectivity index (χ2v) is 3.73. The molecule has 0 radical (unpaired) electrons. The Kier molecular flexibility index (Phi) is 4.23. The Morgan fingerprint density at radius 1 is 1.12 bits per heavy atom. The SMILES string of the molecule is CCOC(Cc1ccc2c(c1)OCO2)OCC. The smallest absolute Gasteiger partial charge is 0.231 e. The van der Waals surface area contributed by atoms with Crippen molar-refractivity contribution in [3.8, 4) is 11.5 Å². The summed E-state index contributed by atoms with van der Waals surface area (Å²) in [5.74, 6) is 1.60. The zero-order chi connectivity index (χ0) is 12.1. The summed E-state index contributed by atoms with van der Waals surface area (Å²) in [5, 5.41) is 0. The van der Waals surface area contributed by atoms with Crippen LogP contribution in [0.15, 0.2) is 18.2 Å². The number of hydrogen-bond acceptors (Lipinski definition) is 4. The maximum absolute atomic E-state index is 5.51. The zero-order valence-electron chi connectivity index (χ0n) is 10.3. The molecule has 2 rings (SSSR count). The second-order valence-electron chi connectivity index (χ2n) is 3.73. The van der Waals surface area contributed by atoms with Crippen molar-refractivity contribution in [3.05, 3.63) is 23.8 Å². The fourth-order valence-electron chi connectivity index (χ4n) is 1.80. The number of hydrogen-bond donors (Lipinski definition) is 0. The molecule has 1 heterocycles. The molecule has 0 bridgehead atoms. The van der Waals surface area contributed by atoms with Crippen molar-refractivity contribution in [1.82, 2.24) is 0 Å². The molecule has 0 unspecified atom stereocenters.